The highest BCUT2D eigenvalue weighted by atomic mass is 79.9. The number of anilines is 1. The van der Waals surface area contributed by atoms with E-state index in [0.717, 1.165) is 32.8 Å². The van der Waals surface area contributed by atoms with Crippen LogP contribution in [0.3, 0.4) is 0 Å². The molecule has 0 bridgehead atoms. The van der Waals surface area contributed by atoms with Gasteiger partial charge in [0.05, 0.1) is 5.52 Å². The summed E-state index contributed by atoms with van der Waals surface area (Å²) in [7, 11) is 1.85. The van der Waals surface area contributed by atoms with E-state index in [-0.39, 0.29) is 0 Å². The SMILES string of the molecule is CNc1ccc2[nH]c(-c3ccc(Br)cc3C)nc2n1. The zero-order valence-corrected chi connectivity index (χ0v) is 12.2. The van der Waals surface area contributed by atoms with Gasteiger partial charge in [-0.15, -0.1) is 0 Å². The fourth-order valence-electron chi connectivity index (χ4n) is 2.05. The van der Waals surface area contributed by atoms with Gasteiger partial charge in [-0.1, -0.05) is 15.9 Å². The third-order valence-corrected chi connectivity index (χ3v) is 3.54. The Morgan fingerprint density at radius 3 is 2.74 bits per heavy atom. The van der Waals surface area contributed by atoms with E-state index in [9.17, 15) is 0 Å². The van der Waals surface area contributed by atoms with Crippen LogP contribution < -0.4 is 5.32 Å². The van der Waals surface area contributed by atoms with E-state index in [0.29, 0.717) is 0 Å². The summed E-state index contributed by atoms with van der Waals surface area (Å²) in [6.07, 6.45) is 0. The van der Waals surface area contributed by atoms with Crippen molar-refractivity contribution in [1.82, 2.24) is 15.0 Å². The summed E-state index contributed by atoms with van der Waals surface area (Å²) >= 11 is 3.47. The number of nitrogens with one attached hydrogen (secondary N) is 2. The molecular formula is C14H13BrN4. The van der Waals surface area contributed by atoms with Gasteiger partial charge in [0.15, 0.2) is 5.65 Å². The predicted octanol–water partition coefficient (Wildman–Crippen LogP) is 3.74. The van der Waals surface area contributed by atoms with Crippen molar-refractivity contribution in [2.45, 2.75) is 6.92 Å². The molecule has 0 saturated heterocycles. The number of imidazole rings is 1. The molecule has 0 amide bonds. The second-order valence-corrected chi connectivity index (χ2v) is 5.28. The lowest BCUT2D eigenvalue weighted by atomic mass is 10.1. The second kappa shape index (κ2) is 4.66. The fourth-order valence-corrected chi connectivity index (χ4v) is 2.53. The number of aromatic nitrogens is 3. The molecular weight excluding hydrogens is 304 g/mol. The number of aryl methyl sites for hydroxylation is 1. The molecule has 0 fully saturated rings. The number of nitrogens with zero attached hydrogens (tertiary/aromatic N) is 2. The van der Waals surface area contributed by atoms with E-state index < -0.39 is 0 Å². The Labute approximate surface area is 119 Å². The number of fused-ring (bicyclic) bond motifs is 1. The van der Waals surface area contributed by atoms with E-state index in [2.05, 4.69) is 55.3 Å². The molecule has 3 aromatic rings. The van der Waals surface area contributed by atoms with Crippen molar-refractivity contribution in [3.8, 4) is 11.4 Å². The summed E-state index contributed by atoms with van der Waals surface area (Å²) in [6.45, 7) is 2.07. The molecule has 0 aliphatic heterocycles. The van der Waals surface area contributed by atoms with E-state index in [1.165, 1.54) is 5.56 Å². The normalized spacial score (nSPS) is 10.9. The van der Waals surface area contributed by atoms with E-state index >= 15 is 0 Å². The molecule has 0 spiro atoms. The molecule has 2 N–H and O–H groups in total. The van der Waals surface area contributed by atoms with Gasteiger partial charge in [-0.05, 0) is 42.8 Å². The van der Waals surface area contributed by atoms with Gasteiger partial charge in [-0.25, -0.2) is 9.97 Å². The molecule has 2 aromatic heterocycles. The van der Waals surface area contributed by atoms with Crippen molar-refractivity contribution in [3.63, 3.8) is 0 Å². The van der Waals surface area contributed by atoms with Gasteiger partial charge in [-0.3, -0.25) is 0 Å². The fraction of sp³-hybridized carbons (Fsp3) is 0.143. The van der Waals surface area contributed by atoms with Crippen LogP contribution in [-0.2, 0) is 0 Å². The summed E-state index contributed by atoms with van der Waals surface area (Å²) in [4.78, 5) is 12.3. The zero-order chi connectivity index (χ0) is 13.4. The lowest BCUT2D eigenvalue weighted by molar-refractivity contribution is 1.27. The number of hydrogen-bond acceptors (Lipinski definition) is 3. The standard InChI is InChI=1S/C14H13BrN4/c1-8-7-9(15)3-4-10(8)13-17-11-5-6-12(16-2)18-14(11)19-13/h3-7H,1-2H3,(H2,16,17,18,19). The Bertz CT molecular complexity index is 748. The Balaban J connectivity index is 2.14. The van der Waals surface area contributed by atoms with E-state index in [4.69, 9.17) is 0 Å². The number of pyridine rings is 1. The van der Waals surface area contributed by atoms with Gasteiger partial charge in [-0.2, -0.15) is 0 Å². The van der Waals surface area contributed by atoms with E-state index in [1.54, 1.807) is 0 Å². The van der Waals surface area contributed by atoms with Crippen molar-refractivity contribution in [1.29, 1.82) is 0 Å². The summed E-state index contributed by atoms with van der Waals surface area (Å²) in [6, 6.07) is 10.1. The highest BCUT2D eigenvalue weighted by molar-refractivity contribution is 9.10. The van der Waals surface area contributed by atoms with Gasteiger partial charge in [0.2, 0.25) is 0 Å². The van der Waals surface area contributed by atoms with Crippen LogP contribution in [-0.4, -0.2) is 22.0 Å². The van der Waals surface area contributed by atoms with Crippen LogP contribution in [0.5, 0.6) is 0 Å². The number of H-pyrrole nitrogens is 1. The number of benzene rings is 1. The molecule has 0 atom stereocenters. The van der Waals surface area contributed by atoms with Crippen molar-refractivity contribution in [2.24, 2.45) is 0 Å². The van der Waals surface area contributed by atoms with Crippen LogP contribution in [0, 0.1) is 6.92 Å². The van der Waals surface area contributed by atoms with Gasteiger partial charge < -0.3 is 10.3 Å². The van der Waals surface area contributed by atoms with Crippen LogP contribution in [0.15, 0.2) is 34.8 Å². The Morgan fingerprint density at radius 1 is 1.16 bits per heavy atom. The maximum Gasteiger partial charge on any atom is 0.180 e. The quantitative estimate of drug-likeness (QED) is 0.757. The maximum absolute atomic E-state index is 4.56. The molecule has 2 heterocycles. The number of rotatable bonds is 2. The van der Waals surface area contributed by atoms with Crippen molar-refractivity contribution in [3.05, 3.63) is 40.4 Å². The Kier molecular flexibility index (Phi) is 2.98. The second-order valence-electron chi connectivity index (χ2n) is 4.36. The van der Waals surface area contributed by atoms with Crippen LogP contribution >= 0.6 is 15.9 Å². The minimum atomic E-state index is 0.726. The molecule has 0 aliphatic rings. The van der Waals surface area contributed by atoms with Crippen LogP contribution in [0.1, 0.15) is 5.56 Å². The maximum atomic E-state index is 4.56. The van der Waals surface area contributed by atoms with E-state index in [1.807, 2.05) is 25.2 Å². The summed E-state index contributed by atoms with van der Waals surface area (Å²) in [5.74, 6) is 1.67. The minimum absolute atomic E-state index is 0.726. The Hall–Kier alpha value is -1.88. The molecule has 5 heteroatoms. The molecule has 96 valence electrons. The molecule has 3 rings (SSSR count). The molecule has 0 saturated carbocycles. The van der Waals surface area contributed by atoms with Crippen molar-refractivity contribution in [2.75, 3.05) is 12.4 Å². The summed E-state index contributed by atoms with van der Waals surface area (Å²) in [5, 5.41) is 3.02. The summed E-state index contributed by atoms with van der Waals surface area (Å²) in [5.41, 5.74) is 3.93. The smallest absolute Gasteiger partial charge is 0.180 e. The monoisotopic (exact) mass is 316 g/mol. The number of aromatic amines is 1. The van der Waals surface area contributed by atoms with Gasteiger partial charge in [0.25, 0.3) is 0 Å². The average Bonchev–Trinajstić information content (AvgIpc) is 2.80. The van der Waals surface area contributed by atoms with Crippen LogP contribution in [0.25, 0.3) is 22.6 Å². The lowest BCUT2D eigenvalue weighted by Crippen LogP contribution is -1.91. The first kappa shape index (κ1) is 12.2. The molecule has 0 radical (unpaired) electrons. The largest absolute Gasteiger partial charge is 0.373 e. The molecule has 1 aromatic carbocycles. The van der Waals surface area contributed by atoms with Crippen molar-refractivity contribution >= 4 is 32.9 Å². The predicted molar refractivity (Wildman–Crippen MR) is 81.3 cm³/mol. The van der Waals surface area contributed by atoms with Gasteiger partial charge >= 0.3 is 0 Å². The first-order valence-corrected chi connectivity index (χ1v) is 6.78. The number of hydrogen-bond donors (Lipinski definition) is 2. The average molecular weight is 317 g/mol. The Morgan fingerprint density at radius 2 is 2.00 bits per heavy atom. The topological polar surface area (TPSA) is 53.6 Å². The van der Waals surface area contributed by atoms with Crippen molar-refractivity contribution < 1.29 is 0 Å². The minimum Gasteiger partial charge on any atom is -0.373 e. The first-order valence-electron chi connectivity index (χ1n) is 5.98. The molecule has 0 unspecified atom stereocenters. The molecule has 4 nitrogen and oxygen atoms in total. The lowest BCUT2D eigenvalue weighted by Gasteiger charge is -2.02. The van der Waals surface area contributed by atoms with Crippen LogP contribution in [0.2, 0.25) is 0 Å². The van der Waals surface area contributed by atoms with Gasteiger partial charge in [0.1, 0.15) is 11.6 Å². The highest BCUT2D eigenvalue weighted by Crippen LogP contribution is 2.25. The first-order chi connectivity index (χ1) is 9.17. The summed E-state index contributed by atoms with van der Waals surface area (Å²) < 4.78 is 1.07. The molecule has 0 aliphatic carbocycles. The number of halogens is 1. The van der Waals surface area contributed by atoms with Gasteiger partial charge in [0, 0.05) is 17.1 Å². The zero-order valence-electron chi connectivity index (χ0n) is 10.7. The molecule has 19 heavy (non-hydrogen) atoms. The van der Waals surface area contributed by atoms with Crippen LogP contribution in [0.4, 0.5) is 5.82 Å². The highest BCUT2D eigenvalue weighted by Gasteiger charge is 2.09. The third kappa shape index (κ3) is 2.21. The third-order valence-electron chi connectivity index (χ3n) is 3.05.